The topological polar surface area (TPSA) is 21.7 Å². The molecule has 0 spiro atoms. The molecular weight excluding hydrogens is 562 g/mol. The van der Waals surface area contributed by atoms with Crippen LogP contribution in [0.15, 0.2) is 48.6 Å². The molecule has 0 radical (unpaired) electrons. The van der Waals surface area contributed by atoms with Crippen LogP contribution in [0.25, 0.3) is 0 Å². The highest BCUT2D eigenvalue weighted by Crippen LogP contribution is 2.34. The highest BCUT2D eigenvalue weighted by Gasteiger charge is 2.42. The Labute approximate surface area is 288 Å². The molecule has 268 valence electrons. The Hall–Kier alpha value is -1.16. The predicted molar refractivity (Wildman–Crippen MR) is 205 cm³/mol. The Morgan fingerprint density at radius 2 is 0.870 bits per heavy atom. The van der Waals surface area contributed by atoms with Crippen LogP contribution in [0.1, 0.15) is 174 Å². The van der Waals surface area contributed by atoms with Gasteiger partial charge in [-0.15, -0.1) is 0 Å². The lowest BCUT2D eigenvalue weighted by Crippen LogP contribution is -2.53. The summed E-state index contributed by atoms with van der Waals surface area (Å²) in [5.41, 5.74) is 0. The van der Waals surface area contributed by atoms with Crippen molar-refractivity contribution < 1.29 is 9.47 Å². The van der Waals surface area contributed by atoms with E-state index in [2.05, 4.69) is 81.5 Å². The molecule has 0 aliphatic heterocycles. The summed E-state index contributed by atoms with van der Waals surface area (Å²) in [6, 6.07) is 0. The maximum atomic E-state index is 6.43. The van der Waals surface area contributed by atoms with Crippen molar-refractivity contribution in [2.75, 3.05) is 33.9 Å². The van der Waals surface area contributed by atoms with E-state index in [9.17, 15) is 0 Å². The first-order chi connectivity index (χ1) is 22.7. The molecule has 1 aliphatic carbocycles. The molecule has 0 heterocycles. The molecule has 1 aliphatic rings. The number of rotatable bonds is 34. The van der Waals surface area contributed by atoms with E-state index in [1.165, 1.54) is 141 Å². The van der Waals surface area contributed by atoms with Crippen molar-refractivity contribution in [1.29, 1.82) is 0 Å². The summed E-state index contributed by atoms with van der Waals surface area (Å²) in [4.78, 5) is 2.31. The van der Waals surface area contributed by atoms with Crippen molar-refractivity contribution in [3.8, 4) is 0 Å². The van der Waals surface area contributed by atoms with Crippen LogP contribution in [0, 0.1) is 5.92 Å². The van der Waals surface area contributed by atoms with Crippen molar-refractivity contribution in [2.45, 2.75) is 187 Å². The maximum Gasteiger partial charge on any atom is 0.0877 e. The van der Waals surface area contributed by atoms with Crippen LogP contribution in [-0.2, 0) is 9.47 Å². The highest BCUT2D eigenvalue weighted by molar-refractivity contribution is 4.94. The SMILES string of the molecule is CCCCC/C=C\C/C=C\CCCCCCCCO[C@H]1[C@H](CN(C)C)C[C@H]1OCCCCCCCC/C=C\C/C=C\CCCCC. The van der Waals surface area contributed by atoms with Gasteiger partial charge in [-0.2, -0.15) is 0 Å². The first-order valence-corrected chi connectivity index (χ1v) is 20.2. The van der Waals surface area contributed by atoms with E-state index in [4.69, 9.17) is 9.47 Å². The first kappa shape index (κ1) is 42.9. The van der Waals surface area contributed by atoms with Gasteiger partial charge in [0.2, 0.25) is 0 Å². The summed E-state index contributed by atoms with van der Waals surface area (Å²) >= 11 is 0. The number of hydrogen-bond acceptors (Lipinski definition) is 3. The third kappa shape index (κ3) is 26.9. The molecule has 1 saturated carbocycles. The fraction of sp³-hybridized carbons (Fsp3) is 0.814. The van der Waals surface area contributed by atoms with E-state index in [1.54, 1.807) is 0 Å². The molecule has 0 amide bonds. The summed E-state index contributed by atoms with van der Waals surface area (Å²) < 4.78 is 12.8. The maximum absolute atomic E-state index is 6.43. The average Bonchev–Trinajstić information content (AvgIpc) is 3.04. The van der Waals surface area contributed by atoms with Gasteiger partial charge in [0.05, 0.1) is 12.2 Å². The van der Waals surface area contributed by atoms with Gasteiger partial charge in [-0.1, -0.05) is 140 Å². The Kier molecular flexibility index (Phi) is 31.4. The predicted octanol–water partition coefficient (Wildman–Crippen LogP) is 13.0. The van der Waals surface area contributed by atoms with Gasteiger partial charge in [0.15, 0.2) is 0 Å². The lowest BCUT2D eigenvalue weighted by atomic mass is 9.78. The molecular formula is C43H79NO2. The van der Waals surface area contributed by atoms with Crippen LogP contribution in [0.3, 0.4) is 0 Å². The van der Waals surface area contributed by atoms with Crippen molar-refractivity contribution in [1.82, 2.24) is 4.90 Å². The first-order valence-electron chi connectivity index (χ1n) is 20.2. The van der Waals surface area contributed by atoms with Gasteiger partial charge in [0.25, 0.3) is 0 Å². The minimum absolute atomic E-state index is 0.296. The normalized spacial score (nSPS) is 18.8. The molecule has 1 fully saturated rings. The van der Waals surface area contributed by atoms with Crippen LogP contribution in [-0.4, -0.2) is 51.0 Å². The molecule has 1 rings (SSSR count). The molecule has 0 bridgehead atoms. The van der Waals surface area contributed by atoms with Gasteiger partial charge in [0.1, 0.15) is 0 Å². The molecule has 3 nitrogen and oxygen atoms in total. The Morgan fingerprint density at radius 3 is 1.30 bits per heavy atom. The van der Waals surface area contributed by atoms with Crippen LogP contribution in [0.5, 0.6) is 0 Å². The zero-order valence-corrected chi connectivity index (χ0v) is 31.4. The second-order valence-corrected chi connectivity index (χ2v) is 14.2. The lowest BCUT2D eigenvalue weighted by molar-refractivity contribution is -0.168. The average molecular weight is 642 g/mol. The number of allylic oxidation sites excluding steroid dienone is 8. The smallest absolute Gasteiger partial charge is 0.0877 e. The molecule has 46 heavy (non-hydrogen) atoms. The van der Waals surface area contributed by atoms with Crippen molar-refractivity contribution in [2.24, 2.45) is 5.92 Å². The van der Waals surface area contributed by atoms with Crippen molar-refractivity contribution in [3.63, 3.8) is 0 Å². The largest absolute Gasteiger partial charge is 0.375 e. The zero-order valence-electron chi connectivity index (χ0n) is 31.4. The molecule has 0 aromatic rings. The Morgan fingerprint density at radius 1 is 0.478 bits per heavy atom. The summed E-state index contributed by atoms with van der Waals surface area (Å²) in [5.74, 6) is 0.625. The number of nitrogens with zero attached hydrogens (tertiary/aromatic N) is 1. The molecule has 0 unspecified atom stereocenters. The minimum atomic E-state index is 0.296. The van der Waals surface area contributed by atoms with E-state index >= 15 is 0 Å². The minimum Gasteiger partial charge on any atom is -0.375 e. The lowest BCUT2D eigenvalue weighted by Gasteiger charge is -2.45. The van der Waals surface area contributed by atoms with E-state index < -0.39 is 0 Å². The van der Waals surface area contributed by atoms with E-state index in [0.717, 1.165) is 39.0 Å². The van der Waals surface area contributed by atoms with Crippen molar-refractivity contribution in [3.05, 3.63) is 48.6 Å². The standard InChI is InChI=1S/C43H79NO2/c1-5-7-9-11-13-15-17-19-21-23-25-27-29-31-33-35-37-45-42-39-41(40-44(3)4)43(42)46-38-36-34-32-30-28-26-24-22-20-18-16-14-12-10-8-6-2/h13-16,19-22,41-43H,5-12,17-18,23-40H2,1-4H3/b15-13-,16-14-,21-19-,22-20-/t41-,42+,43-/m0/s1. The summed E-state index contributed by atoms with van der Waals surface area (Å²) in [6.07, 6.45) is 51.5. The quantitative estimate of drug-likeness (QED) is 0.0515. The second-order valence-electron chi connectivity index (χ2n) is 14.2. The van der Waals surface area contributed by atoms with Crippen LogP contribution in [0.2, 0.25) is 0 Å². The van der Waals surface area contributed by atoms with Gasteiger partial charge in [-0.05, 0) is 97.6 Å². The monoisotopic (exact) mass is 642 g/mol. The third-order valence-corrected chi connectivity index (χ3v) is 9.30. The van der Waals surface area contributed by atoms with Gasteiger partial charge in [-0.3, -0.25) is 0 Å². The number of unbranched alkanes of at least 4 members (excludes halogenated alkanes) is 18. The van der Waals surface area contributed by atoms with E-state index in [-0.39, 0.29) is 0 Å². The second kappa shape index (κ2) is 33.7. The Bertz CT molecular complexity index is 739. The highest BCUT2D eigenvalue weighted by atomic mass is 16.5. The van der Waals surface area contributed by atoms with Gasteiger partial charge < -0.3 is 14.4 Å². The molecule has 3 atom stereocenters. The zero-order chi connectivity index (χ0) is 33.2. The number of ether oxygens (including phenoxy) is 2. The third-order valence-electron chi connectivity index (χ3n) is 9.30. The van der Waals surface area contributed by atoms with Gasteiger partial charge >= 0.3 is 0 Å². The molecule has 0 saturated heterocycles. The Balaban J connectivity index is 1.99. The summed E-state index contributed by atoms with van der Waals surface area (Å²) in [5, 5.41) is 0. The summed E-state index contributed by atoms with van der Waals surface area (Å²) in [6.45, 7) is 7.44. The van der Waals surface area contributed by atoms with Crippen molar-refractivity contribution >= 4 is 0 Å². The number of hydrogen-bond donors (Lipinski definition) is 0. The molecule has 3 heteroatoms. The van der Waals surface area contributed by atoms with Crippen LogP contribution in [0.4, 0.5) is 0 Å². The van der Waals surface area contributed by atoms with Gasteiger partial charge in [-0.25, -0.2) is 0 Å². The molecule has 0 aromatic heterocycles. The van der Waals surface area contributed by atoms with Gasteiger partial charge in [0, 0.05) is 25.7 Å². The summed E-state index contributed by atoms with van der Waals surface area (Å²) in [7, 11) is 4.36. The molecule has 0 aromatic carbocycles. The van der Waals surface area contributed by atoms with E-state index in [1.807, 2.05) is 0 Å². The van der Waals surface area contributed by atoms with E-state index in [0.29, 0.717) is 18.1 Å². The fourth-order valence-corrected chi connectivity index (χ4v) is 6.36. The molecule has 0 N–H and O–H groups in total. The fourth-order valence-electron chi connectivity index (χ4n) is 6.36. The van der Waals surface area contributed by atoms with Crippen LogP contribution >= 0.6 is 0 Å². The van der Waals surface area contributed by atoms with Crippen LogP contribution < -0.4 is 0 Å².